The van der Waals surface area contributed by atoms with Gasteiger partial charge < -0.3 is 13.9 Å². The van der Waals surface area contributed by atoms with Gasteiger partial charge in [-0.05, 0) is 41.5 Å². The van der Waals surface area contributed by atoms with Crippen molar-refractivity contribution >= 4 is 18.2 Å². The van der Waals surface area contributed by atoms with Crippen LogP contribution in [0.1, 0.15) is 41.5 Å². The summed E-state index contributed by atoms with van der Waals surface area (Å²) >= 11 is -2.86. The SMILES string of the molecule is C=O.CC(C)(C)OOC(C)(C)C.O=S([O-])O.[Na+]. The number of rotatable bonds is 1. The van der Waals surface area contributed by atoms with E-state index in [0.717, 1.165) is 0 Å². The van der Waals surface area contributed by atoms with Crippen LogP contribution < -0.4 is 29.6 Å². The summed E-state index contributed by atoms with van der Waals surface area (Å²) in [4.78, 5) is 18.2. The molecule has 0 heterocycles. The zero-order valence-electron chi connectivity index (χ0n) is 11.6. The third-order valence-electron chi connectivity index (χ3n) is 0.542. The first-order valence-corrected chi connectivity index (χ1v) is 5.41. The second-order valence-electron chi connectivity index (χ2n) is 4.61. The van der Waals surface area contributed by atoms with Crippen molar-refractivity contribution in [2.75, 3.05) is 0 Å². The Morgan fingerprint density at radius 1 is 1.00 bits per heavy atom. The van der Waals surface area contributed by atoms with Crippen LogP contribution in [-0.2, 0) is 25.9 Å². The van der Waals surface area contributed by atoms with Gasteiger partial charge in [0.1, 0.15) is 6.79 Å². The number of hydrogen-bond donors (Lipinski definition) is 1. The molecule has 0 bridgehead atoms. The Morgan fingerprint density at radius 3 is 1.18 bits per heavy atom. The molecule has 0 aromatic carbocycles. The molecular formula is C9H21NaO6S. The normalized spacial score (nSPS) is 12.0. The molecule has 0 saturated carbocycles. The van der Waals surface area contributed by atoms with E-state index in [0.29, 0.717) is 0 Å². The fraction of sp³-hybridized carbons (Fsp3) is 0.889. The van der Waals surface area contributed by atoms with Crippen LogP contribution in [-0.4, -0.2) is 31.3 Å². The van der Waals surface area contributed by atoms with E-state index in [4.69, 9.17) is 27.9 Å². The molecule has 0 amide bonds. The van der Waals surface area contributed by atoms with Crippen LogP contribution in [0.2, 0.25) is 0 Å². The van der Waals surface area contributed by atoms with E-state index in [1.54, 1.807) is 0 Å². The summed E-state index contributed by atoms with van der Waals surface area (Å²) in [6.45, 7) is 13.7. The molecule has 1 atom stereocenters. The summed E-state index contributed by atoms with van der Waals surface area (Å²) in [7, 11) is 0. The van der Waals surface area contributed by atoms with Gasteiger partial charge in [-0.2, -0.15) is 0 Å². The Morgan fingerprint density at radius 2 is 1.12 bits per heavy atom. The quantitative estimate of drug-likeness (QED) is 0.277. The predicted molar refractivity (Wildman–Crippen MR) is 60.3 cm³/mol. The van der Waals surface area contributed by atoms with Crippen molar-refractivity contribution in [1.82, 2.24) is 0 Å². The molecule has 0 fully saturated rings. The van der Waals surface area contributed by atoms with Crippen LogP contribution in [0.25, 0.3) is 0 Å². The summed E-state index contributed by atoms with van der Waals surface area (Å²) in [5, 5.41) is 0. The van der Waals surface area contributed by atoms with Gasteiger partial charge in [0.2, 0.25) is 0 Å². The Balaban J connectivity index is -0.000000103. The summed E-state index contributed by atoms with van der Waals surface area (Å²) in [6, 6.07) is 0. The Kier molecular flexibility index (Phi) is 20.2. The molecule has 0 saturated heterocycles. The van der Waals surface area contributed by atoms with Gasteiger partial charge in [-0.3, -0.25) is 0 Å². The van der Waals surface area contributed by atoms with Crippen LogP contribution in [0.4, 0.5) is 0 Å². The van der Waals surface area contributed by atoms with Crippen molar-refractivity contribution in [3.63, 3.8) is 0 Å². The third-order valence-corrected chi connectivity index (χ3v) is 0.542. The molecule has 0 rings (SSSR count). The number of hydrogen-bond acceptors (Lipinski definition) is 5. The van der Waals surface area contributed by atoms with Crippen molar-refractivity contribution in [2.45, 2.75) is 52.7 Å². The second kappa shape index (κ2) is 13.1. The van der Waals surface area contributed by atoms with Gasteiger partial charge in [0, 0.05) is 0 Å². The standard InChI is InChI=1S/C8H18O2.CH2O.Na.H2O3S/c1-7(2,3)9-10-8(4,5)6;1-2;;1-4(2)3/h1-6H3;1H2;;(H2,1,2,3)/q;;+1;/p-1. The van der Waals surface area contributed by atoms with E-state index in [1.165, 1.54) is 0 Å². The molecule has 0 aliphatic heterocycles. The van der Waals surface area contributed by atoms with Crippen LogP contribution in [0.5, 0.6) is 0 Å². The Hall–Kier alpha value is 0.660. The van der Waals surface area contributed by atoms with Gasteiger partial charge in [-0.25, -0.2) is 14.0 Å². The van der Waals surface area contributed by atoms with E-state index >= 15 is 0 Å². The van der Waals surface area contributed by atoms with Crippen LogP contribution in [0.15, 0.2) is 0 Å². The minimum absolute atomic E-state index is 0. The first-order valence-electron chi connectivity index (χ1n) is 4.38. The van der Waals surface area contributed by atoms with Crippen LogP contribution >= 0.6 is 0 Å². The molecule has 1 N–H and O–H groups in total. The molecule has 0 aliphatic rings. The summed E-state index contributed by atoms with van der Waals surface area (Å²) in [6.07, 6.45) is 0. The van der Waals surface area contributed by atoms with E-state index in [9.17, 15) is 0 Å². The molecule has 8 heteroatoms. The minimum atomic E-state index is -2.86. The molecule has 6 nitrogen and oxygen atoms in total. The molecule has 0 aliphatic carbocycles. The molecule has 0 aromatic rings. The average molecular weight is 280 g/mol. The fourth-order valence-electron chi connectivity index (χ4n) is 0.250. The molecule has 100 valence electrons. The largest absolute Gasteiger partial charge is 1.00 e. The van der Waals surface area contributed by atoms with E-state index in [-0.39, 0.29) is 40.8 Å². The van der Waals surface area contributed by atoms with Gasteiger partial charge in [-0.15, -0.1) is 0 Å². The van der Waals surface area contributed by atoms with Crippen LogP contribution in [0.3, 0.4) is 0 Å². The van der Waals surface area contributed by atoms with Crippen molar-refractivity contribution in [3.05, 3.63) is 0 Å². The molecule has 0 radical (unpaired) electrons. The smallest absolute Gasteiger partial charge is 0.750 e. The second-order valence-corrected chi connectivity index (χ2v) is 5.04. The molecule has 1 unspecified atom stereocenters. The van der Waals surface area contributed by atoms with Crippen molar-refractivity contribution < 1.29 is 57.4 Å². The van der Waals surface area contributed by atoms with E-state index < -0.39 is 11.4 Å². The van der Waals surface area contributed by atoms with Crippen LogP contribution in [0, 0.1) is 0 Å². The zero-order chi connectivity index (χ0) is 14.0. The molecule has 0 aromatic heterocycles. The average Bonchev–Trinajstić information content (AvgIpc) is 2.01. The van der Waals surface area contributed by atoms with Gasteiger partial charge in [0.05, 0.1) is 22.6 Å². The Labute approximate surface area is 128 Å². The van der Waals surface area contributed by atoms with E-state index in [2.05, 4.69) is 0 Å². The van der Waals surface area contributed by atoms with E-state index in [1.807, 2.05) is 48.3 Å². The molecule has 17 heavy (non-hydrogen) atoms. The fourth-order valence-corrected chi connectivity index (χ4v) is 0.250. The zero-order valence-corrected chi connectivity index (χ0v) is 14.4. The van der Waals surface area contributed by atoms with Gasteiger partial charge >= 0.3 is 29.6 Å². The summed E-state index contributed by atoms with van der Waals surface area (Å²) in [5.74, 6) is 0. The topological polar surface area (TPSA) is 95.9 Å². The van der Waals surface area contributed by atoms with Crippen molar-refractivity contribution in [2.24, 2.45) is 0 Å². The summed E-state index contributed by atoms with van der Waals surface area (Å²) in [5.41, 5.74) is -0.430. The number of carbonyl (C=O) groups excluding carboxylic acids is 1. The van der Waals surface area contributed by atoms with Crippen molar-refractivity contribution in [1.29, 1.82) is 0 Å². The molecule has 0 spiro atoms. The maximum Gasteiger partial charge on any atom is 1.00 e. The molecular weight excluding hydrogens is 259 g/mol. The van der Waals surface area contributed by atoms with Gasteiger partial charge in [0.15, 0.2) is 0 Å². The summed E-state index contributed by atoms with van der Waals surface area (Å²) < 4.78 is 24.1. The first kappa shape index (κ1) is 26.3. The van der Waals surface area contributed by atoms with Gasteiger partial charge in [-0.1, -0.05) is 0 Å². The third kappa shape index (κ3) is 61.0. The van der Waals surface area contributed by atoms with Crippen molar-refractivity contribution in [3.8, 4) is 0 Å². The maximum atomic E-state index is 8.56. The Bertz CT molecular complexity index is 169. The minimum Gasteiger partial charge on any atom is -0.750 e. The monoisotopic (exact) mass is 280 g/mol. The number of carbonyl (C=O) groups is 1. The predicted octanol–water partition coefficient (Wildman–Crippen LogP) is -1.31. The first-order chi connectivity index (χ1) is 6.94. The maximum absolute atomic E-state index is 8.56. The van der Waals surface area contributed by atoms with Gasteiger partial charge in [0.25, 0.3) is 0 Å².